The highest BCUT2D eigenvalue weighted by Crippen LogP contribution is 2.17. The van der Waals surface area contributed by atoms with E-state index >= 15 is 0 Å². The molecule has 0 aliphatic carbocycles. The number of anilines is 1. The largest absolute Gasteiger partial charge is 0.399 e. The SMILES string of the molecule is Nc1ccccc1CCN1CCCC(CO)C1. The molecule has 0 aromatic heterocycles. The van der Waals surface area contributed by atoms with Crippen molar-refractivity contribution in [2.75, 3.05) is 32.0 Å². The third kappa shape index (κ3) is 3.45. The third-order valence-corrected chi connectivity index (χ3v) is 3.61. The number of piperidine rings is 1. The lowest BCUT2D eigenvalue weighted by Crippen LogP contribution is -2.38. The number of nitrogens with zero attached hydrogens (tertiary/aromatic N) is 1. The Bertz CT molecular complexity index is 354. The van der Waals surface area contributed by atoms with Gasteiger partial charge in [0.2, 0.25) is 0 Å². The number of benzene rings is 1. The van der Waals surface area contributed by atoms with E-state index in [2.05, 4.69) is 11.0 Å². The number of aliphatic hydroxyl groups excluding tert-OH is 1. The minimum absolute atomic E-state index is 0.323. The van der Waals surface area contributed by atoms with Crippen LogP contribution in [0.4, 0.5) is 5.69 Å². The highest BCUT2D eigenvalue weighted by atomic mass is 16.3. The summed E-state index contributed by atoms with van der Waals surface area (Å²) in [6, 6.07) is 8.07. The van der Waals surface area contributed by atoms with Gasteiger partial charge in [0.25, 0.3) is 0 Å². The fraction of sp³-hybridized carbons (Fsp3) is 0.571. The van der Waals surface area contributed by atoms with Crippen molar-refractivity contribution in [2.45, 2.75) is 19.3 Å². The number of likely N-dealkylation sites (tertiary alicyclic amines) is 1. The molecule has 0 radical (unpaired) electrons. The average Bonchev–Trinajstić information content (AvgIpc) is 2.38. The van der Waals surface area contributed by atoms with Gasteiger partial charge in [-0.2, -0.15) is 0 Å². The summed E-state index contributed by atoms with van der Waals surface area (Å²) in [4.78, 5) is 2.44. The van der Waals surface area contributed by atoms with E-state index in [0.29, 0.717) is 12.5 Å². The molecule has 1 atom stereocenters. The summed E-state index contributed by atoms with van der Waals surface area (Å²) < 4.78 is 0. The van der Waals surface area contributed by atoms with Crippen molar-refractivity contribution in [1.82, 2.24) is 4.90 Å². The molecule has 0 saturated carbocycles. The first-order valence-corrected chi connectivity index (χ1v) is 6.46. The van der Waals surface area contributed by atoms with Gasteiger partial charge < -0.3 is 15.7 Å². The van der Waals surface area contributed by atoms with Crippen molar-refractivity contribution in [3.8, 4) is 0 Å². The van der Waals surface area contributed by atoms with Crippen LogP contribution in [0.3, 0.4) is 0 Å². The second-order valence-corrected chi connectivity index (χ2v) is 4.94. The Labute approximate surface area is 103 Å². The summed E-state index contributed by atoms with van der Waals surface area (Å²) in [5, 5.41) is 9.19. The van der Waals surface area contributed by atoms with Crippen molar-refractivity contribution < 1.29 is 5.11 Å². The van der Waals surface area contributed by atoms with Crippen molar-refractivity contribution in [2.24, 2.45) is 5.92 Å². The molecule has 1 unspecified atom stereocenters. The third-order valence-electron chi connectivity index (χ3n) is 3.61. The number of nitrogens with two attached hydrogens (primary N) is 1. The van der Waals surface area contributed by atoms with Crippen molar-refractivity contribution >= 4 is 5.69 Å². The van der Waals surface area contributed by atoms with Gasteiger partial charge in [0.05, 0.1) is 0 Å². The molecule has 1 saturated heterocycles. The van der Waals surface area contributed by atoms with Crippen LogP contribution in [0.15, 0.2) is 24.3 Å². The van der Waals surface area contributed by atoms with E-state index in [1.54, 1.807) is 0 Å². The standard InChI is InChI=1S/C14H22N2O/c15-14-6-2-1-5-13(14)7-9-16-8-3-4-12(10-16)11-17/h1-2,5-6,12,17H,3-4,7-11,15H2. The number of hydrogen-bond acceptors (Lipinski definition) is 3. The van der Waals surface area contributed by atoms with E-state index in [0.717, 1.165) is 31.7 Å². The van der Waals surface area contributed by atoms with Crippen LogP contribution in [-0.4, -0.2) is 36.2 Å². The van der Waals surface area contributed by atoms with Crippen molar-refractivity contribution in [1.29, 1.82) is 0 Å². The van der Waals surface area contributed by atoms with Crippen LogP contribution in [0.2, 0.25) is 0 Å². The molecular formula is C14H22N2O. The first kappa shape index (κ1) is 12.4. The molecule has 1 fully saturated rings. The molecule has 94 valence electrons. The van der Waals surface area contributed by atoms with Gasteiger partial charge in [0, 0.05) is 25.4 Å². The molecule has 0 bridgehead atoms. The Kier molecular flexibility index (Phi) is 4.40. The second-order valence-electron chi connectivity index (χ2n) is 4.94. The number of hydrogen-bond donors (Lipinski definition) is 2. The highest BCUT2D eigenvalue weighted by Gasteiger charge is 2.18. The number of rotatable bonds is 4. The smallest absolute Gasteiger partial charge is 0.0471 e. The summed E-state index contributed by atoms with van der Waals surface area (Å²) in [7, 11) is 0. The second kappa shape index (κ2) is 6.03. The minimum Gasteiger partial charge on any atom is -0.399 e. The molecule has 2 rings (SSSR count). The van der Waals surface area contributed by atoms with Crippen LogP contribution in [-0.2, 0) is 6.42 Å². The van der Waals surface area contributed by atoms with Gasteiger partial charge in [0.15, 0.2) is 0 Å². The zero-order chi connectivity index (χ0) is 12.1. The van der Waals surface area contributed by atoms with Crippen LogP contribution in [0.5, 0.6) is 0 Å². The topological polar surface area (TPSA) is 49.5 Å². The Morgan fingerprint density at radius 1 is 1.35 bits per heavy atom. The predicted molar refractivity (Wildman–Crippen MR) is 70.8 cm³/mol. The molecule has 0 spiro atoms. The van der Waals surface area contributed by atoms with E-state index in [1.165, 1.54) is 18.4 Å². The lowest BCUT2D eigenvalue weighted by molar-refractivity contribution is 0.121. The minimum atomic E-state index is 0.323. The van der Waals surface area contributed by atoms with Gasteiger partial charge in [-0.3, -0.25) is 0 Å². The number of para-hydroxylation sites is 1. The summed E-state index contributed by atoms with van der Waals surface area (Å²) in [5.41, 5.74) is 8.06. The quantitative estimate of drug-likeness (QED) is 0.777. The maximum absolute atomic E-state index is 9.19. The fourth-order valence-electron chi connectivity index (χ4n) is 2.54. The average molecular weight is 234 g/mol. The van der Waals surface area contributed by atoms with E-state index < -0.39 is 0 Å². The van der Waals surface area contributed by atoms with Gasteiger partial charge in [-0.1, -0.05) is 18.2 Å². The van der Waals surface area contributed by atoms with Crippen molar-refractivity contribution in [3.63, 3.8) is 0 Å². The first-order valence-electron chi connectivity index (χ1n) is 6.46. The molecule has 1 aliphatic heterocycles. The summed E-state index contributed by atoms with van der Waals surface area (Å²) in [5.74, 6) is 0.469. The Hall–Kier alpha value is -1.06. The monoisotopic (exact) mass is 234 g/mol. The normalized spacial score (nSPS) is 21.6. The van der Waals surface area contributed by atoms with Gasteiger partial charge in [0.1, 0.15) is 0 Å². The van der Waals surface area contributed by atoms with E-state index in [-0.39, 0.29) is 0 Å². The van der Waals surface area contributed by atoms with Gasteiger partial charge >= 0.3 is 0 Å². The maximum Gasteiger partial charge on any atom is 0.0471 e. The first-order chi connectivity index (χ1) is 8.29. The van der Waals surface area contributed by atoms with Crippen molar-refractivity contribution in [3.05, 3.63) is 29.8 Å². The summed E-state index contributed by atoms with van der Waals surface area (Å²) in [6.07, 6.45) is 3.38. The molecule has 3 heteroatoms. The van der Waals surface area contributed by atoms with Crippen LogP contribution < -0.4 is 5.73 Å². The van der Waals surface area contributed by atoms with Gasteiger partial charge in [-0.25, -0.2) is 0 Å². The van der Waals surface area contributed by atoms with E-state index in [4.69, 9.17) is 5.73 Å². The lowest BCUT2D eigenvalue weighted by Gasteiger charge is -2.31. The van der Waals surface area contributed by atoms with Crippen LogP contribution in [0.1, 0.15) is 18.4 Å². The van der Waals surface area contributed by atoms with Gasteiger partial charge in [-0.15, -0.1) is 0 Å². The zero-order valence-corrected chi connectivity index (χ0v) is 10.3. The Morgan fingerprint density at radius 2 is 2.18 bits per heavy atom. The molecule has 1 aliphatic rings. The molecule has 1 heterocycles. The highest BCUT2D eigenvalue weighted by molar-refractivity contribution is 5.46. The van der Waals surface area contributed by atoms with E-state index in [9.17, 15) is 5.11 Å². The molecule has 3 N–H and O–H groups in total. The predicted octanol–water partition coefficient (Wildman–Crippen LogP) is 1.52. The maximum atomic E-state index is 9.19. The van der Waals surface area contributed by atoms with Crippen LogP contribution in [0.25, 0.3) is 0 Å². The zero-order valence-electron chi connectivity index (χ0n) is 10.3. The molecule has 1 aromatic carbocycles. The summed E-state index contributed by atoms with van der Waals surface area (Å²) >= 11 is 0. The fourth-order valence-corrected chi connectivity index (χ4v) is 2.54. The Morgan fingerprint density at radius 3 is 2.94 bits per heavy atom. The molecule has 17 heavy (non-hydrogen) atoms. The lowest BCUT2D eigenvalue weighted by atomic mass is 9.98. The number of nitrogen functional groups attached to an aromatic ring is 1. The Balaban J connectivity index is 1.84. The van der Waals surface area contributed by atoms with Gasteiger partial charge in [-0.05, 0) is 43.4 Å². The molecule has 3 nitrogen and oxygen atoms in total. The van der Waals surface area contributed by atoms with Crippen LogP contribution in [0, 0.1) is 5.92 Å². The molecular weight excluding hydrogens is 212 g/mol. The van der Waals surface area contributed by atoms with E-state index in [1.807, 2.05) is 18.2 Å². The molecule has 1 aromatic rings. The summed E-state index contributed by atoms with van der Waals surface area (Å²) in [6.45, 7) is 3.56. The van der Waals surface area contributed by atoms with Crippen LogP contribution >= 0.6 is 0 Å². The molecule has 0 amide bonds. The number of aliphatic hydroxyl groups is 1.